The van der Waals surface area contributed by atoms with Crippen LogP contribution in [0.5, 0.6) is 0 Å². The van der Waals surface area contributed by atoms with Crippen LogP contribution in [0.3, 0.4) is 0 Å². The molecule has 0 aliphatic heterocycles. The van der Waals surface area contributed by atoms with Crippen LogP contribution in [0.4, 0.5) is 4.79 Å². The molecule has 0 fully saturated rings. The maximum Gasteiger partial charge on any atom is 0.319 e. The van der Waals surface area contributed by atoms with E-state index < -0.39 is 10.0 Å². The van der Waals surface area contributed by atoms with E-state index in [0.29, 0.717) is 19.5 Å². The van der Waals surface area contributed by atoms with Gasteiger partial charge in [0.15, 0.2) is 0 Å². The standard InChI is InChI=1S/C22H31N3O3S/c1-23(2)29(27,28)21-14-12-20(13-15-21)16-18-25(4)22(26)24(3)17-8-11-19-9-6-5-7-10-19/h5-7,9-10,12-15H,8,11,16-18H2,1-4H3. The van der Waals surface area contributed by atoms with Crippen molar-refractivity contribution < 1.29 is 13.2 Å². The van der Waals surface area contributed by atoms with E-state index in [9.17, 15) is 13.2 Å². The average Bonchev–Trinajstić information content (AvgIpc) is 2.72. The van der Waals surface area contributed by atoms with Gasteiger partial charge in [0.05, 0.1) is 4.90 Å². The number of rotatable bonds is 9. The van der Waals surface area contributed by atoms with Gasteiger partial charge in [-0.15, -0.1) is 0 Å². The molecule has 0 radical (unpaired) electrons. The molecular weight excluding hydrogens is 386 g/mol. The molecule has 2 amide bonds. The highest BCUT2D eigenvalue weighted by Gasteiger charge is 2.17. The molecule has 2 aromatic rings. The number of hydrogen-bond acceptors (Lipinski definition) is 3. The van der Waals surface area contributed by atoms with Gasteiger partial charge in [-0.2, -0.15) is 0 Å². The van der Waals surface area contributed by atoms with Crippen LogP contribution >= 0.6 is 0 Å². The van der Waals surface area contributed by atoms with Gasteiger partial charge >= 0.3 is 6.03 Å². The Kier molecular flexibility index (Phi) is 8.22. The van der Waals surface area contributed by atoms with Gasteiger partial charge in [0.2, 0.25) is 10.0 Å². The zero-order valence-electron chi connectivity index (χ0n) is 17.7. The van der Waals surface area contributed by atoms with E-state index in [4.69, 9.17) is 0 Å². The maximum atomic E-state index is 12.5. The smallest absolute Gasteiger partial charge is 0.319 e. The Morgan fingerprint density at radius 2 is 1.31 bits per heavy atom. The zero-order chi connectivity index (χ0) is 21.4. The molecule has 0 N–H and O–H groups in total. The van der Waals surface area contributed by atoms with E-state index >= 15 is 0 Å². The monoisotopic (exact) mass is 417 g/mol. The lowest BCUT2D eigenvalue weighted by Gasteiger charge is -2.25. The number of nitrogens with zero attached hydrogens (tertiary/aromatic N) is 3. The van der Waals surface area contributed by atoms with Crippen molar-refractivity contribution in [1.82, 2.24) is 14.1 Å². The van der Waals surface area contributed by atoms with Crippen LogP contribution in [0.15, 0.2) is 59.5 Å². The third-order valence-corrected chi connectivity index (χ3v) is 6.72. The van der Waals surface area contributed by atoms with Crippen LogP contribution in [-0.4, -0.2) is 69.8 Å². The molecule has 0 saturated heterocycles. The predicted octanol–water partition coefficient (Wildman–Crippen LogP) is 3.10. The first-order chi connectivity index (χ1) is 13.7. The fourth-order valence-electron chi connectivity index (χ4n) is 2.98. The van der Waals surface area contributed by atoms with E-state index in [1.54, 1.807) is 41.1 Å². The zero-order valence-corrected chi connectivity index (χ0v) is 18.5. The third kappa shape index (κ3) is 6.58. The number of amides is 2. The Balaban J connectivity index is 1.80. The molecule has 0 aliphatic rings. The van der Waals surface area contributed by atoms with Gasteiger partial charge in [0.25, 0.3) is 0 Å². The normalized spacial score (nSPS) is 11.5. The summed E-state index contributed by atoms with van der Waals surface area (Å²) in [5.74, 6) is 0. The molecule has 0 spiro atoms. The van der Waals surface area contributed by atoms with Crippen molar-refractivity contribution in [3.8, 4) is 0 Å². The lowest BCUT2D eigenvalue weighted by molar-refractivity contribution is 0.173. The van der Waals surface area contributed by atoms with Gasteiger partial charge in [-0.05, 0) is 42.5 Å². The fourth-order valence-corrected chi connectivity index (χ4v) is 3.89. The molecule has 0 saturated carbocycles. The number of aryl methyl sites for hydroxylation is 1. The van der Waals surface area contributed by atoms with Gasteiger partial charge in [-0.3, -0.25) is 0 Å². The minimum absolute atomic E-state index is 0.00938. The van der Waals surface area contributed by atoms with Gasteiger partial charge < -0.3 is 9.80 Å². The Labute approximate surface area is 174 Å². The molecule has 2 aromatic carbocycles. The molecule has 0 heterocycles. The number of sulfonamides is 1. The van der Waals surface area contributed by atoms with Crippen LogP contribution in [0.25, 0.3) is 0 Å². The molecule has 0 bridgehead atoms. The number of benzene rings is 2. The summed E-state index contributed by atoms with van der Waals surface area (Å²) in [6.45, 7) is 1.27. The van der Waals surface area contributed by atoms with Gasteiger partial charge in [-0.1, -0.05) is 42.5 Å². The Hall–Kier alpha value is -2.38. The van der Waals surface area contributed by atoms with Crippen molar-refractivity contribution in [1.29, 1.82) is 0 Å². The van der Waals surface area contributed by atoms with Crippen molar-refractivity contribution in [2.75, 3.05) is 41.3 Å². The molecular formula is C22H31N3O3S. The highest BCUT2D eigenvalue weighted by Crippen LogP contribution is 2.14. The minimum Gasteiger partial charge on any atom is -0.328 e. The van der Waals surface area contributed by atoms with Crippen molar-refractivity contribution in [2.45, 2.75) is 24.2 Å². The highest BCUT2D eigenvalue weighted by atomic mass is 32.2. The fraction of sp³-hybridized carbons (Fsp3) is 0.409. The van der Waals surface area contributed by atoms with Crippen molar-refractivity contribution >= 4 is 16.1 Å². The summed E-state index contributed by atoms with van der Waals surface area (Å²) in [6, 6.07) is 17.1. The second-order valence-corrected chi connectivity index (χ2v) is 9.55. The first kappa shape index (κ1) is 22.9. The van der Waals surface area contributed by atoms with Crippen LogP contribution in [0.2, 0.25) is 0 Å². The molecule has 0 aliphatic carbocycles. The van der Waals surface area contributed by atoms with Crippen molar-refractivity contribution in [3.05, 3.63) is 65.7 Å². The van der Waals surface area contributed by atoms with Gasteiger partial charge in [-0.25, -0.2) is 17.5 Å². The highest BCUT2D eigenvalue weighted by molar-refractivity contribution is 7.89. The Bertz CT molecular complexity index is 881. The average molecular weight is 418 g/mol. The van der Waals surface area contributed by atoms with E-state index in [1.807, 2.05) is 25.2 Å². The first-order valence-corrected chi connectivity index (χ1v) is 11.2. The SMILES string of the molecule is CN(CCCc1ccccc1)C(=O)N(C)CCc1ccc(S(=O)(=O)N(C)C)cc1. The van der Waals surface area contributed by atoms with E-state index in [-0.39, 0.29) is 10.9 Å². The molecule has 0 atom stereocenters. The second-order valence-electron chi connectivity index (χ2n) is 7.40. The van der Waals surface area contributed by atoms with E-state index in [2.05, 4.69) is 12.1 Å². The van der Waals surface area contributed by atoms with Crippen LogP contribution < -0.4 is 0 Å². The van der Waals surface area contributed by atoms with E-state index in [1.165, 1.54) is 24.0 Å². The lowest BCUT2D eigenvalue weighted by Crippen LogP contribution is -2.40. The number of hydrogen-bond donors (Lipinski definition) is 0. The molecule has 158 valence electrons. The summed E-state index contributed by atoms with van der Waals surface area (Å²) in [7, 11) is 3.23. The van der Waals surface area contributed by atoms with Gasteiger partial charge in [0, 0.05) is 41.3 Å². The molecule has 29 heavy (non-hydrogen) atoms. The second kappa shape index (κ2) is 10.4. The van der Waals surface area contributed by atoms with Crippen LogP contribution in [-0.2, 0) is 22.9 Å². The largest absolute Gasteiger partial charge is 0.328 e. The topological polar surface area (TPSA) is 60.9 Å². The summed E-state index contributed by atoms with van der Waals surface area (Å²) in [4.78, 5) is 16.3. The van der Waals surface area contributed by atoms with Crippen molar-refractivity contribution in [3.63, 3.8) is 0 Å². The summed E-state index contributed by atoms with van der Waals surface area (Å²) in [5.41, 5.74) is 2.27. The Morgan fingerprint density at radius 1 is 0.759 bits per heavy atom. The van der Waals surface area contributed by atoms with Crippen LogP contribution in [0, 0.1) is 0 Å². The molecule has 6 nitrogen and oxygen atoms in total. The summed E-state index contributed by atoms with van der Waals surface area (Å²) in [6.07, 6.45) is 2.54. The predicted molar refractivity (Wildman–Crippen MR) is 116 cm³/mol. The van der Waals surface area contributed by atoms with Gasteiger partial charge in [0.1, 0.15) is 0 Å². The summed E-state index contributed by atoms with van der Waals surface area (Å²) < 4.78 is 25.4. The van der Waals surface area contributed by atoms with E-state index in [0.717, 1.165) is 18.4 Å². The van der Waals surface area contributed by atoms with Crippen LogP contribution in [0.1, 0.15) is 17.5 Å². The maximum absolute atomic E-state index is 12.5. The quantitative estimate of drug-likeness (QED) is 0.630. The molecule has 0 aromatic heterocycles. The number of carbonyl (C=O) groups excluding carboxylic acids is 1. The number of urea groups is 1. The molecule has 7 heteroatoms. The molecule has 0 unspecified atom stereocenters. The number of likely N-dealkylation sites (N-methyl/N-ethyl adjacent to an activating group) is 1. The number of carbonyl (C=O) groups is 1. The Morgan fingerprint density at radius 3 is 1.90 bits per heavy atom. The summed E-state index contributed by atoms with van der Waals surface area (Å²) in [5, 5.41) is 0. The first-order valence-electron chi connectivity index (χ1n) is 9.73. The van der Waals surface area contributed by atoms with Crippen molar-refractivity contribution in [2.24, 2.45) is 0 Å². The lowest BCUT2D eigenvalue weighted by atomic mass is 10.1. The summed E-state index contributed by atoms with van der Waals surface area (Å²) >= 11 is 0. The third-order valence-electron chi connectivity index (χ3n) is 4.89. The molecule has 2 rings (SSSR count). The minimum atomic E-state index is -3.42.